The van der Waals surface area contributed by atoms with E-state index in [2.05, 4.69) is 9.97 Å². The molecule has 1 aromatic carbocycles. The fraction of sp³-hybridized carbons (Fsp3) is 0.158. The van der Waals surface area contributed by atoms with Gasteiger partial charge in [-0.1, -0.05) is 18.2 Å². The molecule has 0 radical (unpaired) electrons. The van der Waals surface area contributed by atoms with Gasteiger partial charge in [-0.25, -0.2) is 4.98 Å². The zero-order chi connectivity index (χ0) is 17.9. The lowest BCUT2D eigenvalue weighted by Crippen LogP contribution is -2.05. The number of methoxy groups -OCH3 is 1. The van der Waals surface area contributed by atoms with Crippen LogP contribution in [0.3, 0.4) is 0 Å². The molecule has 128 valence electrons. The van der Waals surface area contributed by atoms with Crippen molar-refractivity contribution in [3.05, 3.63) is 77.6 Å². The molecule has 2 heterocycles. The molecule has 0 aliphatic heterocycles. The van der Waals surface area contributed by atoms with E-state index in [1.54, 1.807) is 25.4 Å². The Morgan fingerprint density at radius 2 is 1.72 bits per heavy atom. The van der Waals surface area contributed by atoms with Crippen LogP contribution in [-0.2, 0) is 12.6 Å². The van der Waals surface area contributed by atoms with Gasteiger partial charge in [0, 0.05) is 24.2 Å². The summed E-state index contributed by atoms with van der Waals surface area (Å²) in [5, 5.41) is 0. The predicted octanol–water partition coefficient (Wildman–Crippen LogP) is 4.76. The Balaban J connectivity index is 1.91. The molecule has 3 rings (SSSR count). The van der Waals surface area contributed by atoms with Crippen molar-refractivity contribution in [1.29, 1.82) is 0 Å². The fourth-order valence-electron chi connectivity index (χ4n) is 2.50. The second kappa shape index (κ2) is 6.93. The average Bonchev–Trinajstić information content (AvgIpc) is 2.62. The van der Waals surface area contributed by atoms with E-state index in [0.717, 1.165) is 29.0 Å². The lowest BCUT2D eigenvalue weighted by atomic mass is 10.0. The van der Waals surface area contributed by atoms with Gasteiger partial charge in [-0.05, 0) is 35.9 Å². The summed E-state index contributed by atoms with van der Waals surface area (Å²) in [6.45, 7) is 0. The molecule has 0 aliphatic rings. The van der Waals surface area contributed by atoms with Gasteiger partial charge in [-0.3, -0.25) is 4.98 Å². The van der Waals surface area contributed by atoms with Gasteiger partial charge in [-0.15, -0.1) is 0 Å². The van der Waals surface area contributed by atoms with E-state index < -0.39 is 11.7 Å². The second-order valence-corrected chi connectivity index (χ2v) is 5.43. The molecule has 6 heteroatoms. The summed E-state index contributed by atoms with van der Waals surface area (Å²) in [6, 6.07) is 14.2. The van der Waals surface area contributed by atoms with Crippen molar-refractivity contribution in [1.82, 2.24) is 9.97 Å². The van der Waals surface area contributed by atoms with Crippen LogP contribution in [-0.4, -0.2) is 17.1 Å². The Morgan fingerprint density at radius 3 is 2.40 bits per heavy atom. The van der Waals surface area contributed by atoms with E-state index in [9.17, 15) is 13.2 Å². The van der Waals surface area contributed by atoms with E-state index in [0.29, 0.717) is 18.0 Å². The number of hydrogen-bond donors (Lipinski definition) is 0. The van der Waals surface area contributed by atoms with Crippen LogP contribution >= 0.6 is 0 Å². The van der Waals surface area contributed by atoms with Gasteiger partial charge in [0.05, 0.1) is 24.1 Å². The summed E-state index contributed by atoms with van der Waals surface area (Å²) >= 11 is 0. The Hall–Kier alpha value is -2.89. The largest absolute Gasteiger partial charge is 0.481 e. The third-order valence-electron chi connectivity index (χ3n) is 3.75. The average molecular weight is 344 g/mol. The molecule has 0 N–H and O–H groups in total. The van der Waals surface area contributed by atoms with Crippen molar-refractivity contribution in [3.8, 4) is 17.1 Å². The van der Waals surface area contributed by atoms with Crippen molar-refractivity contribution >= 4 is 0 Å². The highest BCUT2D eigenvalue weighted by Crippen LogP contribution is 2.30. The summed E-state index contributed by atoms with van der Waals surface area (Å²) in [7, 11) is 1.54. The molecule has 0 atom stereocenters. The summed E-state index contributed by atoms with van der Waals surface area (Å²) in [5.74, 6) is 0.488. The molecule has 3 aromatic rings. The number of hydrogen-bond acceptors (Lipinski definition) is 3. The minimum absolute atomic E-state index is 0.410. The summed E-state index contributed by atoms with van der Waals surface area (Å²) in [6.07, 6.45) is -2.27. The molecule has 0 unspecified atom stereocenters. The lowest BCUT2D eigenvalue weighted by molar-refractivity contribution is -0.137. The minimum atomic E-state index is -4.33. The molecule has 0 saturated carbocycles. The minimum Gasteiger partial charge on any atom is -0.481 e. The molecular weight excluding hydrogens is 329 g/mol. The number of nitrogens with zero attached hydrogens (tertiary/aromatic N) is 2. The van der Waals surface area contributed by atoms with Crippen molar-refractivity contribution in [3.63, 3.8) is 0 Å². The Labute approximate surface area is 143 Å². The number of ether oxygens (including phenoxy) is 1. The van der Waals surface area contributed by atoms with E-state index in [1.165, 1.54) is 12.1 Å². The molecule has 2 aromatic heterocycles. The number of rotatable bonds is 4. The Morgan fingerprint density at radius 1 is 0.960 bits per heavy atom. The first-order valence-corrected chi connectivity index (χ1v) is 7.59. The topological polar surface area (TPSA) is 35.0 Å². The van der Waals surface area contributed by atoms with E-state index in [4.69, 9.17) is 4.74 Å². The lowest BCUT2D eigenvalue weighted by Gasteiger charge is -2.10. The van der Waals surface area contributed by atoms with Crippen LogP contribution in [0.2, 0.25) is 0 Å². The molecular formula is C19H15F3N2O. The van der Waals surface area contributed by atoms with Crippen molar-refractivity contribution in [2.75, 3.05) is 7.11 Å². The maximum atomic E-state index is 12.7. The molecule has 0 aliphatic carbocycles. The van der Waals surface area contributed by atoms with Crippen LogP contribution < -0.4 is 4.74 Å². The molecule has 0 saturated heterocycles. The predicted molar refractivity (Wildman–Crippen MR) is 88.3 cm³/mol. The number of halogens is 3. The van der Waals surface area contributed by atoms with Crippen LogP contribution in [0, 0.1) is 0 Å². The first kappa shape index (κ1) is 17.0. The Bertz CT molecular complexity index is 861. The maximum Gasteiger partial charge on any atom is 0.416 e. The van der Waals surface area contributed by atoms with Crippen LogP contribution in [0.1, 0.15) is 16.8 Å². The number of aromatic nitrogens is 2. The number of benzene rings is 1. The standard InChI is InChI=1S/C19H15F3N2O/c1-25-18-6-2-5-16(24-18)15-4-3-11-23-17(15)12-13-7-9-14(10-8-13)19(20,21)22/h2-11H,12H2,1H3. The molecule has 0 fully saturated rings. The third kappa shape index (κ3) is 3.96. The monoisotopic (exact) mass is 344 g/mol. The SMILES string of the molecule is COc1cccc(-c2cccnc2Cc2ccc(C(F)(F)F)cc2)n1. The van der Waals surface area contributed by atoms with E-state index >= 15 is 0 Å². The normalized spacial score (nSPS) is 11.4. The third-order valence-corrected chi connectivity index (χ3v) is 3.75. The van der Waals surface area contributed by atoms with Gasteiger partial charge in [0.25, 0.3) is 0 Å². The molecule has 25 heavy (non-hydrogen) atoms. The highest BCUT2D eigenvalue weighted by molar-refractivity contribution is 5.63. The van der Waals surface area contributed by atoms with Crippen LogP contribution in [0.15, 0.2) is 60.8 Å². The first-order chi connectivity index (χ1) is 12.0. The van der Waals surface area contributed by atoms with Crippen molar-refractivity contribution in [2.24, 2.45) is 0 Å². The number of pyridine rings is 2. The van der Waals surface area contributed by atoms with Crippen molar-refractivity contribution in [2.45, 2.75) is 12.6 Å². The van der Waals surface area contributed by atoms with Crippen LogP contribution in [0.5, 0.6) is 5.88 Å². The fourth-order valence-corrected chi connectivity index (χ4v) is 2.50. The molecule has 0 bridgehead atoms. The first-order valence-electron chi connectivity index (χ1n) is 7.59. The highest BCUT2D eigenvalue weighted by atomic mass is 19.4. The van der Waals surface area contributed by atoms with Gasteiger partial charge in [0.1, 0.15) is 0 Å². The van der Waals surface area contributed by atoms with Gasteiger partial charge in [-0.2, -0.15) is 13.2 Å². The van der Waals surface area contributed by atoms with Crippen LogP contribution in [0.4, 0.5) is 13.2 Å². The van der Waals surface area contributed by atoms with Crippen molar-refractivity contribution < 1.29 is 17.9 Å². The zero-order valence-corrected chi connectivity index (χ0v) is 13.4. The smallest absolute Gasteiger partial charge is 0.416 e. The van der Waals surface area contributed by atoms with Gasteiger partial charge in [0.2, 0.25) is 5.88 Å². The zero-order valence-electron chi connectivity index (χ0n) is 13.4. The molecule has 0 spiro atoms. The maximum absolute atomic E-state index is 12.7. The summed E-state index contributed by atoms with van der Waals surface area (Å²) in [5.41, 5.74) is 2.35. The van der Waals surface area contributed by atoms with Gasteiger partial charge in [0.15, 0.2) is 0 Å². The highest BCUT2D eigenvalue weighted by Gasteiger charge is 2.29. The summed E-state index contributed by atoms with van der Waals surface area (Å²) < 4.78 is 43.2. The van der Waals surface area contributed by atoms with E-state index in [-0.39, 0.29) is 0 Å². The van der Waals surface area contributed by atoms with Gasteiger partial charge >= 0.3 is 6.18 Å². The number of alkyl halides is 3. The Kier molecular flexibility index (Phi) is 4.70. The summed E-state index contributed by atoms with van der Waals surface area (Å²) in [4.78, 5) is 8.77. The quantitative estimate of drug-likeness (QED) is 0.684. The van der Waals surface area contributed by atoms with Gasteiger partial charge < -0.3 is 4.74 Å². The van der Waals surface area contributed by atoms with Crippen LogP contribution in [0.25, 0.3) is 11.3 Å². The van der Waals surface area contributed by atoms with E-state index in [1.807, 2.05) is 18.2 Å². The molecule has 0 amide bonds. The molecule has 3 nitrogen and oxygen atoms in total. The second-order valence-electron chi connectivity index (χ2n) is 5.43.